The number of aliphatic hydroxyl groups excluding tert-OH is 1. The first-order valence-electron chi connectivity index (χ1n) is 15.9. The minimum absolute atomic E-state index is 0.175. The lowest BCUT2D eigenvalue weighted by Crippen LogP contribution is -2.42. The van der Waals surface area contributed by atoms with E-state index in [1.807, 2.05) is 30.5 Å². The molecule has 0 radical (unpaired) electrons. The topological polar surface area (TPSA) is 113 Å². The van der Waals surface area contributed by atoms with Crippen LogP contribution in [0.25, 0.3) is 10.9 Å². The number of nitrogens with zero attached hydrogens (tertiary/aromatic N) is 2. The Labute approximate surface area is 273 Å². The number of carbonyl (C=O) groups is 1. The first-order valence-corrected chi connectivity index (χ1v) is 17.4. The summed E-state index contributed by atoms with van der Waals surface area (Å²) in [6, 6.07) is 23.4. The van der Waals surface area contributed by atoms with Crippen LogP contribution in [0, 0.1) is 0 Å². The second-order valence-corrected chi connectivity index (χ2v) is 14.6. The van der Waals surface area contributed by atoms with Gasteiger partial charge in [-0.2, -0.15) is 0 Å². The number of esters is 1. The number of ether oxygens (including phenoxy) is 1. The number of benzene rings is 3. The zero-order valence-electron chi connectivity index (χ0n) is 27.7. The van der Waals surface area contributed by atoms with Gasteiger partial charge in [0.05, 0.1) is 16.6 Å². The summed E-state index contributed by atoms with van der Waals surface area (Å²) in [7, 11) is -3.73. The minimum Gasteiger partial charge on any atom is -0.461 e. The van der Waals surface area contributed by atoms with Crippen LogP contribution < -0.4 is 10.0 Å². The molecule has 4 aromatic rings. The second-order valence-electron chi connectivity index (χ2n) is 12.9. The van der Waals surface area contributed by atoms with Gasteiger partial charge in [-0.25, -0.2) is 13.2 Å². The summed E-state index contributed by atoms with van der Waals surface area (Å²) in [6.45, 7) is 14.8. The molecule has 4 rings (SSSR count). The van der Waals surface area contributed by atoms with Crippen molar-refractivity contribution in [3.63, 3.8) is 0 Å². The average Bonchev–Trinajstić information content (AvgIpc) is 3.43. The summed E-state index contributed by atoms with van der Waals surface area (Å²) in [6.07, 6.45) is 1.98. The van der Waals surface area contributed by atoms with Crippen molar-refractivity contribution in [3.05, 3.63) is 96.2 Å². The molecule has 1 atom stereocenters. The number of fused-ring (bicyclic) bond motifs is 1. The van der Waals surface area contributed by atoms with Crippen LogP contribution in [0.2, 0.25) is 0 Å². The monoisotopic (exact) mass is 648 g/mol. The molecule has 0 aliphatic heterocycles. The molecule has 0 spiro atoms. The van der Waals surface area contributed by atoms with E-state index >= 15 is 0 Å². The number of β-amino-alcohol motifs (C(OH)–C–C–N with tert-alkyl or cyclic N) is 1. The van der Waals surface area contributed by atoms with Gasteiger partial charge in [0.1, 0.15) is 6.61 Å². The second kappa shape index (κ2) is 15.3. The Morgan fingerprint density at radius 1 is 0.957 bits per heavy atom. The smallest absolute Gasteiger partial charge is 0.338 e. The fraction of sp³-hybridized carbons (Fsp3) is 0.417. The third-order valence-corrected chi connectivity index (χ3v) is 9.64. The van der Waals surface area contributed by atoms with E-state index in [9.17, 15) is 18.3 Å². The van der Waals surface area contributed by atoms with E-state index in [0.717, 1.165) is 23.9 Å². The maximum Gasteiger partial charge on any atom is 0.338 e. The summed E-state index contributed by atoms with van der Waals surface area (Å²) in [5, 5.41) is 15.4. The molecule has 0 saturated heterocycles. The zero-order chi connectivity index (χ0) is 33.5. The predicted octanol–water partition coefficient (Wildman–Crippen LogP) is 6.21. The number of aryl methyl sites for hydroxylation is 1. The molecule has 3 N–H and O–H groups in total. The van der Waals surface area contributed by atoms with Crippen LogP contribution in [0.4, 0.5) is 5.69 Å². The fourth-order valence-corrected chi connectivity index (χ4v) is 6.63. The molecular formula is C36H48N4O5S. The fourth-order valence-electron chi connectivity index (χ4n) is 5.56. The van der Waals surface area contributed by atoms with Gasteiger partial charge in [-0.3, -0.25) is 9.62 Å². The maximum absolute atomic E-state index is 12.7. The Bertz CT molecular complexity index is 1690. The van der Waals surface area contributed by atoms with Crippen molar-refractivity contribution >= 4 is 32.6 Å². The van der Waals surface area contributed by atoms with E-state index in [4.69, 9.17) is 4.74 Å². The summed E-state index contributed by atoms with van der Waals surface area (Å²) >= 11 is 0. The van der Waals surface area contributed by atoms with Crippen LogP contribution >= 0.6 is 0 Å². The van der Waals surface area contributed by atoms with Crippen molar-refractivity contribution in [2.24, 2.45) is 0 Å². The van der Waals surface area contributed by atoms with Crippen molar-refractivity contribution in [2.75, 3.05) is 24.4 Å². The highest BCUT2D eigenvalue weighted by Crippen LogP contribution is 2.23. The molecule has 248 valence electrons. The molecule has 0 bridgehead atoms. The van der Waals surface area contributed by atoms with E-state index in [1.165, 1.54) is 12.1 Å². The molecule has 0 amide bonds. The maximum atomic E-state index is 12.7. The summed E-state index contributed by atoms with van der Waals surface area (Å²) in [5.74, 6) is -0.315. The Morgan fingerprint density at radius 3 is 2.37 bits per heavy atom. The molecule has 0 fully saturated rings. The van der Waals surface area contributed by atoms with E-state index in [-0.39, 0.29) is 16.4 Å². The lowest BCUT2D eigenvalue weighted by atomic mass is 9.99. The largest absolute Gasteiger partial charge is 0.461 e. The van der Waals surface area contributed by atoms with Gasteiger partial charge in [-0.1, -0.05) is 30.3 Å². The molecule has 3 aromatic carbocycles. The molecule has 9 nitrogen and oxygen atoms in total. The van der Waals surface area contributed by atoms with Crippen LogP contribution in [-0.4, -0.2) is 66.3 Å². The first kappa shape index (κ1) is 35.2. The standard InChI is InChI=1S/C36H48N4O5S/c1-26(2)40(27(3)4)21-22-45-35(42)30-15-16-33-28(23-30)17-19-39(33)20-18-36(5,6)37-25-34(41)29-11-10-12-31(24-29)38-46(43,44)32-13-8-7-9-14-32/h7-17,19,23-24,26-27,34,37-38,41H,18,20-22,25H2,1-6H3. The SMILES string of the molecule is CC(C)N(CCOC(=O)c1ccc2c(ccn2CCC(C)(C)NCC(O)c2cccc(NS(=O)(=O)c3ccccc3)c2)c1)C(C)C. The Hall–Kier alpha value is -3.70. The third-order valence-electron chi connectivity index (χ3n) is 8.24. The molecule has 1 unspecified atom stereocenters. The normalized spacial score (nSPS) is 13.1. The highest BCUT2D eigenvalue weighted by Gasteiger charge is 2.21. The molecule has 46 heavy (non-hydrogen) atoms. The van der Waals surface area contributed by atoms with Crippen LogP contribution in [0.15, 0.2) is 90.0 Å². The lowest BCUT2D eigenvalue weighted by Gasteiger charge is -2.30. The van der Waals surface area contributed by atoms with Gasteiger partial charge in [0.25, 0.3) is 10.0 Å². The predicted molar refractivity (Wildman–Crippen MR) is 185 cm³/mol. The molecule has 0 saturated carbocycles. The number of sulfonamides is 1. The number of rotatable bonds is 16. The average molecular weight is 649 g/mol. The number of carbonyl (C=O) groups excluding carboxylic acids is 1. The van der Waals surface area contributed by atoms with Crippen LogP contribution in [0.3, 0.4) is 0 Å². The van der Waals surface area contributed by atoms with Crippen molar-refractivity contribution in [2.45, 2.75) is 83.1 Å². The van der Waals surface area contributed by atoms with E-state index in [0.29, 0.717) is 48.6 Å². The number of nitrogens with one attached hydrogen (secondary N) is 2. The number of hydrogen-bond acceptors (Lipinski definition) is 7. The van der Waals surface area contributed by atoms with Gasteiger partial charge < -0.3 is 19.7 Å². The molecule has 1 heterocycles. The Balaban J connectivity index is 1.29. The van der Waals surface area contributed by atoms with Gasteiger partial charge in [0.15, 0.2) is 0 Å². The van der Waals surface area contributed by atoms with Gasteiger partial charge in [0.2, 0.25) is 0 Å². The highest BCUT2D eigenvalue weighted by atomic mass is 32.2. The van der Waals surface area contributed by atoms with E-state index < -0.39 is 16.1 Å². The van der Waals surface area contributed by atoms with Crippen molar-refractivity contribution in [1.82, 2.24) is 14.8 Å². The molecule has 0 aliphatic rings. The lowest BCUT2D eigenvalue weighted by molar-refractivity contribution is 0.0417. The van der Waals surface area contributed by atoms with Crippen LogP contribution in [-0.2, 0) is 21.3 Å². The molecule has 1 aromatic heterocycles. The number of anilines is 1. The van der Waals surface area contributed by atoms with Crippen molar-refractivity contribution in [1.29, 1.82) is 0 Å². The first-order chi connectivity index (χ1) is 21.8. The minimum atomic E-state index is -3.73. The summed E-state index contributed by atoms with van der Waals surface area (Å²) in [5.41, 5.74) is 2.28. The molecule has 10 heteroatoms. The quantitative estimate of drug-likeness (QED) is 0.124. The Kier molecular flexibility index (Phi) is 11.7. The van der Waals surface area contributed by atoms with Gasteiger partial charge in [0, 0.05) is 60.0 Å². The molecule has 0 aliphatic carbocycles. The number of aliphatic hydroxyl groups is 1. The van der Waals surface area contributed by atoms with Gasteiger partial charge in [-0.15, -0.1) is 0 Å². The van der Waals surface area contributed by atoms with E-state index in [2.05, 4.69) is 61.0 Å². The highest BCUT2D eigenvalue weighted by molar-refractivity contribution is 7.92. The van der Waals surface area contributed by atoms with Crippen LogP contribution in [0.1, 0.15) is 70.0 Å². The molecular weight excluding hydrogens is 600 g/mol. The summed E-state index contributed by atoms with van der Waals surface area (Å²) < 4.78 is 35.8. The van der Waals surface area contributed by atoms with Crippen molar-refractivity contribution in [3.8, 4) is 0 Å². The van der Waals surface area contributed by atoms with Gasteiger partial charge >= 0.3 is 5.97 Å². The van der Waals surface area contributed by atoms with Crippen molar-refractivity contribution < 1.29 is 23.1 Å². The van der Waals surface area contributed by atoms with Crippen LogP contribution in [0.5, 0.6) is 0 Å². The number of aromatic nitrogens is 1. The summed E-state index contributed by atoms with van der Waals surface area (Å²) in [4.78, 5) is 15.2. The third kappa shape index (κ3) is 9.42. The van der Waals surface area contributed by atoms with Gasteiger partial charge in [-0.05, 0) is 102 Å². The zero-order valence-corrected chi connectivity index (χ0v) is 28.5. The number of hydrogen-bond donors (Lipinski definition) is 3. The Morgan fingerprint density at radius 2 is 1.67 bits per heavy atom. The van der Waals surface area contributed by atoms with E-state index in [1.54, 1.807) is 42.5 Å².